The molecule has 1 fully saturated rings. The second-order valence-electron chi connectivity index (χ2n) is 4.64. The molecule has 1 aliphatic rings. The van der Waals surface area contributed by atoms with Gasteiger partial charge < -0.3 is 15.8 Å². The van der Waals surface area contributed by atoms with Crippen LogP contribution in [0.5, 0.6) is 0 Å². The molecule has 19 heavy (non-hydrogen) atoms. The fraction of sp³-hybridized carbons (Fsp3) is 0.667. The van der Waals surface area contributed by atoms with Crippen LogP contribution in [0, 0.1) is 0 Å². The third-order valence-corrected chi connectivity index (χ3v) is 3.17. The summed E-state index contributed by atoms with van der Waals surface area (Å²) in [5, 5.41) is 6.82. The largest absolute Gasteiger partial charge is 0.382 e. The Morgan fingerprint density at radius 1 is 1.53 bits per heavy atom. The third kappa shape index (κ3) is 3.93. The van der Waals surface area contributed by atoms with Crippen molar-refractivity contribution in [2.45, 2.75) is 6.42 Å². The molecule has 0 bridgehead atoms. The fourth-order valence-electron chi connectivity index (χ4n) is 2.12. The number of anilines is 1. The summed E-state index contributed by atoms with van der Waals surface area (Å²) >= 11 is 0. The van der Waals surface area contributed by atoms with Crippen molar-refractivity contribution in [2.75, 3.05) is 45.1 Å². The molecule has 1 aromatic heterocycles. The van der Waals surface area contributed by atoms with Gasteiger partial charge in [0.2, 0.25) is 0 Å². The van der Waals surface area contributed by atoms with Crippen molar-refractivity contribution in [3.63, 3.8) is 0 Å². The zero-order valence-corrected chi connectivity index (χ0v) is 11.3. The van der Waals surface area contributed by atoms with Crippen LogP contribution in [0.25, 0.3) is 0 Å². The minimum absolute atomic E-state index is 0.131. The van der Waals surface area contributed by atoms with Crippen LogP contribution in [0.4, 0.5) is 5.82 Å². The van der Waals surface area contributed by atoms with E-state index in [0.29, 0.717) is 18.1 Å². The number of amides is 1. The van der Waals surface area contributed by atoms with Gasteiger partial charge in [-0.3, -0.25) is 14.4 Å². The molecule has 0 aliphatic carbocycles. The predicted molar refractivity (Wildman–Crippen MR) is 71.8 cm³/mol. The van der Waals surface area contributed by atoms with E-state index in [1.54, 1.807) is 13.1 Å². The standard InChI is InChI=1S/C12H21N5O2/c1-16-10(9-11(13)15-16)12(18)14-3-2-4-17-5-7-19-8-6-17/h9H,2-8H2,1H3,(H2,13,15)(H,14,18). The van der Waals surface area contributed by atoms with Gasteiger partial charge in [-0.1, -0.05) is 0 Å². The second kappa shape index (κ2) is 6.53. The number of aryl methyl sites for hydroxylation is 1. The third-order valence-electron chi connectivity index (χ3n) is 3.17. The molecule has 2 heterocycles. The first-order valence-electron chi connectivity index (χ1n) is 6.54. The molecular formula is C12H21N5O2. The highest BCUT2D eigenvalue weighted by Crippen LogP contribution is 2.04. The lowest BCUT2D eigenvalue weighted by atomic mass is 10.3. The summed E-state index contributed by atoms with van der Waals surface area (Å²) in [5.41, 5.74) is 6.03. The summed E-state index contributed by atoms with van der Waals surface area (Å²) in [6.07, 6.45) is 0.930. The topological polar surface area (TPSA) is 85.4 Å². The van der Waals surface area contributed by atoms with Crippen LogP contribution < -0.4 is 11.1 Å². The summed E-state index contributed by atoms with van der Waals surface area (Å²) in [4.78, 5) is 14.2. The van der Waals surface area contributed by atoms with E-state index >= 15 is 0 Å². The van der Waals surface area contributed by atoms with Gasteiger partial charge in [-0.2, -0.15) is 5.10 Å². The summed E-state index contributed by atoms with van der Waals surface area (Å²) < 4.78 is 6.78. The highest BCUT2D eigenvalue weighted by Gasteiger charge is 2.12. The Labute approximate surface area is 112 Å². The number of rotatable bonds is 5. The normalized spacial score (nSPS) is 16.5. The molecular weight excluding hydrogens is 246 g/mol. The first-order chi connectivity index (χ1) is 9.16. The van der Waals surface area contributed by atoms with Crippen LogP contribution in [0.1, 0.15) is 16.9 Å². The SMILES string of the molecule is Cn1nc(N)cc1C(=O)NCCCN1CCOCC1. The minimum Gasteiger partial charge on any atom is -0.382 e. The predicted octanol–water partition coefficient (Wildman–Crippen LogP) is -0.546. The summed E-state index contributed by atoms with van der Waals surface area (Å²) in [5.74, 6) is 0.231. The molecule has 0 spiro atoms. The van der Waals surface area contributed by atoms with Crippen LogP contribution in [0.2, 0.25) is 0 Å². The molecule has 0 saturated carbocycles. The van der Waals surface area contributed by atoms with E-state index in [1.165, 1.54) is 4.68 Å². The van der Waals surface area contributed by atoms with Crippen molar-refractivity contribution in [3.05, 3.63) is 11.8 Å². The number of nitrogen functional groups attached to an aromatic ring is 1. The van der Waals surface area contributed by atoms with E-state index < -0.39 is 0 Å². The quantitative estimate of drug-likeness (QED) is 0.700. The Morgan fingerprint density at radius 3 is 2.89 bits per heavy atom. The summed E-state index contributed by atoms with van der Waals surface area (Å²) in [6, 6.07) is 1.58. The average molecular weight is 267 g/mol. The first kappa shape index (κ1) is 13.8. The van der Waals surface area contributed by atoms with Gasteiger partial charge in [0.25, 0.3) is 5.91 Å². The van der Waals surface area contributed by atoms with Crippen LogP contribution in [-0.2, 0) is 11.8 Å². The van der Waals surface area contributed by atoms with Crippen molar-refractivity contribution in [3.8, 4) is 0 Å². The van der Waals surface area contributed by atoms with Crippen LogP contribution in [-0.4, -0.2) is 60.0 Å². The van der Waals surface area contributed by atoms with Gasteiger partial charge >= 0.3 is 0 Å². The van der Waals surface area contributed by atoms with Crippen LogP contribution in [0.3, 0.4) is 0 Å². The zero-order valence-electron chi connectivity index (χ0n) is 11.3. The molecule has 106 valence electrons. The number of carbonyl (C=O) groups excluding carboxylic acids is 1. The Kier molecular flexibility index (Phi) is 4.75. The van der Waals surface area contributed by atoms with E-state index in [2.05, 4.69) is 15.3 Å². The highest BCUT2D eigenvalue weighted by atomic mass is 16.5. The van der Waals surface area contributed by atoms with Crippen molar-refractivity contribution >= 4 is 11.7 Å². The van der Waals surface area contributed by atoms with E-state index in [0.717, 1.165) is 39.3 Å². The molecule has 1 saturated heterocycles. The van der Waals surface area contributed by atoms with Gasteiger partial charge in [-0.25, -0.2) is 0 Å². The van der Waals surface area contributed by atoms with Crippen molar-refractivity contribution in [1.29, 1.82) is 0 Å². The number of hydrogen-bond acceptors (Lipinski definition) is 5. The Bertz CT molecular complexity index is 426. The van der Waals surface area contributed by atoms with Crippen molar-refractivity contribution < 1.29 is 9.53 Å². The molecule has 7 heteroatoms. The van der Waals surface area contributed by atoms with Gasteiger partial charge in [0.15, 0.2) is 0 Å². The van der Waals surface area contributed by atoms with E-state index in [1.807, 2.05) is 0 Å². The first-order valence-corrected chi connectivity index (χ1v) is 6.54. The summed E-state index contributed by atoms with van der Waals surface area (Å²) in [7, 11) is 1.71. The van der Waals surface area contributed by atoms with Crippen molar-refractivity contribution in [1.82, 2.24) is 20.0 Å². The van der Waals surface area contributed by atoms with Gasteiger partial charge in [0.05, 0.1) is 13.2 Å². The van der Waals surface area contributed by atoms with E-state index in [-0.39, 0.29) is 5.91 Å². The number of ether oxygens (including phenoxy) is 1. The molecule has 7 nitrogen and oxygen atoms in total. The number of aromatic nitrogens is 2. The minimum atomic E-state index is -0.131. The lowest BCUT2D eigenvalue weighted by Gasteiger charge is -2.26. The smallest absolute Gasteiger partial charge is 0.269 e. The van der Waals surface area contributed by atoms with Gasteiger partial charge in [-0.05, 0) is 13.0 Å². The number of nitrogens with two attached hydrogens (primary N) is 1. The fourth-order valence-corrected chi connectivity index (χ4v) is 2.12. The lowest BCUT2D eigenvalue weighted by molar-refractivity contribution is 0.0374. The number of nitrogens with one attached hydrogen (secondary N) is 1. The zero-order chi connectivity index (χ0) is 13.7. The molecule has 1 amide bonds. The number of carbonyl (C=O) groups is 1. The van der Waals surface area contributed by atoms with Gasteiger partial charge in [-0.15, -0.1) is 0 Å². The summed E-state index contributed by atoms with van der Waals surface area (Å²) in [6.45, 7) is 5.21. The van der Waals surface area contributed by atoms with Gasteiger partial charge in [0.1, 0.15) is 11.5 Å². The molecule has 0 aromatic carbocycles. The van der Waals surface area contributed by atoms with Crippen molar-refractivity contribution in [2.24, 2.45) is 7.05 Å². The monoisotopic (exact) mass is 267 g/mol. The van der Waals surface area contributed by atoms with Gasteiger partial charge in [0, 0.05) is 32.7 Å². The molecule has 0 radical (unpaired) electrons. The van der Waals surface area contributed by atoms with Crippen LogP contribution in [0.15, 0.2) is 6.07 Å². The maximum Gasteiger partial charge on any atom is 0.269 e. The highest BCUT2D eigenvalue weighted by molar-refractivity contribution is 5.93. The number of hydrogen-bond donors (Lipinski definition) is 2. The Balaban J connectivity index is 1.67. The average Bonchev–Trinajstić information content (AvgIpc) is 2.75. The van der Waals surface area contributed by atoms with E-state index in [9.17, 15) is 4.79 Å². The maximum atomic E-state index is 11.9. The lowest BCUT2D eigenvalue weighted by Crippen LogP contribution is -2.38. The Morgan fingerprint density at radius 2 is 2.26 bits per heavy atom. The van der Waals surface area contributed by atoms with Crippen LogP contribution >= 0.6 is 0 Å². The Hall–Kier alpha value is -1.60. The molecule has 2 rings (SSSR count). The molecule has 3 N–H and O–H groups in total. The maximum absolute atomic E-state index is 11.9. The molecule has 0 atom stereocenters. The van der Waals surface area contributed by atoms with E-state index in [4.69, 9.17) is 10.5 Å². The number of morpholine rings is 1. The number of nitrogens with zero attached hydrogens (tertiary/aromatic N) is 3. The molecule has 1 aromatic rings. The second-order valence-corrected chi connectivity index (χ2v) is 4.64. The molecule has 0 unspecified atom stereocenters. The molecule has 1 aliphatic heterocycles.